The average Bonchev–Trinajstić information content (AvgIpc) is 3.15. The van der Waals surface area contributed by atoms with Crippen LogP contribution in [0.1, 0.15) is 11.1 Å². The highest BCUT2D eigenvalue weighted by atomic mass is 35.5. The number of rotatable bonds is 5. The number of benzene rings is 3. The number of phenolic OH excluding ortho intramolecular Hbond substituents is 1. The predicted octanol–water partition coefficient (Wildman–Crippen LogP) is 4.38. The van der Waals surface area contributed by atoms with Crippen LogP contribution in [-0.2, 0) is 27.1 Å². The summed E-state index contributed by atoms with van der Waals surface area (Å²) in [6.07, 6.45) is 1.25. The number of anilines is 2. The van der Waals surface area contributed by atoms with Crippen LogP contribution < -0.4 is 9.44 Å². The number of primary sulfonamides is 1. The molecule has 0 unspecified atom stereocenters. The van der Waals surface area contributed by atoms with Crippen LogP contribution in [0.15, 0.2) is 58.6 Å². The number of imidazole rings is 1. The molecule has 13 heteroatoms. The minimum atomic E-state index is -4.68. The number of fused-ring (bicyclic) bond motifs is 1. The highest BCUT2D eigenvalue weighted by Gasteiger charge is 2.35. The number of sulfonamides is 2. The van der Waals surface area contributed by atoms with Crippen LogP contribution in [0.5, 0.6) is 5.75 Å². The minimum absolute atomic E-state index is 0.0339. The molecule has 0 amide bonds. The van der Waals surface area contributed by atoms with E-state index in [0.717, 1.165) is 10.4 Å². The average molecular weight is 555 g/mol. The highest BCUT2D eigenvalue weighted by molar-refractivity contribution is 7.93. The molecule has 0 radical (unpaired) electrons. The van der Waals surface area contributed by atoms with Crippen molar-refractivity contribution in [1.82, 2.24) is 9.55 Å². The van der Waals surface area contributed by atoms with E-state index in [1.807, 2.05) is 0 Å². The Kier molecular flexibility index (Phi) is 6.27. The zero-order valence-corrected chi connectivity index (χ0v) is 21.8. The minimum Gasteiger partial charge on any atom is -0.504 e. The maximum Gasteiger partial charge on any atom is 0.272 e. The van der Waals surface area contributed by atoms with Crippen LogP contribution in [0.2, 0.25) is 10.0 Å². The molecule has 3 aromatic carbocycles. The largest absolute Gasteiger partial charge is 0.504 e. The van der Waals surface area contributed by atoms with Crippen molar-refractivity contribution in [2.45, 2.75) is 23.6 Å². The van der Waals surface area contributed by atoms with Gasteiger partial charge in [-0.1, -0.05) is 35.3 Å². The SMILES string of the molecule is Cc1c(Cl)cccc1N(c1cccc(Cl)c1C)S(=O)(=O)c1cc(S(N)(=O)=O)c2c(ncn2C)c1O. The van der Waals surface area contributed by atoms with E-state index in [0.29, 0.717) is 21.2 Å². The summed E-state index contributed by atoms with van der Waals surface area (Å²) in [4.78, 5) is 2.79. The van der Waals surface area contributed by atoms with Gasteiger partial charge >= 0.3 is 0 Å². The van der Waals surface area contributed by atoms with E-state index in [2.05, 4.69) is 4.98 Å². The second kappa shape index (κ2) is 8.68. The Morgan fingerprint density at radius 1 is 0.943 bits per heavy atom. The molecule has 1 heterocycles. The quantitative estimate of drug-likeness (QED) is 0.375. The Morgan fingerprint density at radius 2 is 1.46 bits per heavy atom. The molecule has 4 aromatic rings. The molecule has 0 aliphatic heterocycles. The van der Waals surface area contributed by atoms with Gasteiger partial charge in [0.05, 0.1) is 23.2 Å². The van der Waals surface area contributed by atoms with Crippen LogP contribution in [-0.4, -0.2) is 31.5 Å². The first-order valence-electron chi connectivity index (χ1n) is 10.0. The normalized spacial score (nSPS) is 12.3. The molecule has 0 saturated carbocycles. The Hall–Kier alpha value is -2.83. The lowest BCUT2D eigenvalue weighted by atomic mass is 10.1. The standard InChI is InChI=1S/C22H20Cl2N4O5S2/c1-12-14(23)6-4-8-16(12)28(17-9-5-7-15(24)13(17)2)35(32,33)19-10-18(34(25,30)31)21-20(22(19)29)26-11-27(21)3/h4-11,29H,1-3H3,(H2,25,30,31). The Morgan fingerprint density at radius 3 is 1.94 bits per heavy atom. The highest BCUT2D eigenvalue weighted by Crippen LogP contribution is 2.43. The summed E-state index contributed by atoms with van der Waals surface area (Å²) in [6, 6.07) is 10.3. The third-order valence-electron chi connectivity index (χ3n) is 5.63. The van der Waals surface area contributed by atoms with E-state index in [1.165, 1.54) is 30.1 Å². The van der Waals surface area contributed by atoms with Gasteiger partial charge in [-0.15, -0.1) is 0 Å². The van der Waals surface area contributed by atoms with E-state index in [9.17, 15) is 21.9 Å². The fourth-order valence-electron chi connectivity index (χ4n) is 3.80. The van der Waals surface area contributed by atoms with E-state index < -0.39 is 35.6 Å². The molecule has 4 rings (SSSR count). The zero-order chi connectivity index (χ0) is 25.9. The first-order chi connectivity index (χ1) is 16.3. The molecule has 184 valence electrons. The maximum atomic E-state index is 14.2. The summed E-state index contributed by atoms with van der Waals surface area (Å²) in [5.74, 6) is -0.725. The predicted molar refractivity (Wildman–Crippen MR) is 135 cm³/mol. The lowest BCUT2D eigenvalue weighted by Crippen LogP contribution is -2.28. The fourth-order valence-corrected chi connectivity index (χ4v) is 6.72. The van der Waals surface area contributed by atoms with Crippen molar-refractivity contribution in [2.75, 3.05) is 4.31 Å². The monoisotopic (exact) mass is 554 g/mol. The van der Waals surface area contributed by atoms with Crippen molar-refractivity contribution in [1.29, 1.82) is 0 Å². The van der Waals surface area contributed by atoms with Gasteiger partial charge in [0.2, 0.25) is 10.0 Å². The second-order valence-corrected chi connectivity index (χ2v) is 12.0. The number of nitrogens with two attached hydrogens (primary N) is 1. The molecule has 0 fully saturated rings. The van der Waals surface area contributed by atoms with Crippen molar-refractivity contribution < 1.29 is 21.9 Å². The molecule has 0 aliphatic rings. The summed E-state index contributed by atoms with van der Waals surface area (Å²) in [6.45, 7) is 3.27. The van der Waals surface area contributed by atoms with Crippen molar-refractivity contribution in [3.8, 4) is 5.75 Å². The maximum absolute atomic E-state index is 14.2. The number of phenols is 1. The summed E-state index contributed by atoms with van der Waals surface area (Å²) in [7, 11) is -7.59. The van der Waals surface area contributed by atoms with Gasteiger partial charge in [0, 0.05) is 17.1 Å². The van der Waals surface area contributed by atoms with E-state index in [1.54, 1.807) is 38.1 Å². The molecule has 0 saturated heterocycles. The lowest BCUT2D eigenvalue weighted by molar-refractivity contribution is 0.463. The van der Waals surface area contributed by atoms with Crippen molar-refractivity contribution >= 4 is 65.7 Å². The Labute approximate surface area is 212 Å². The number of nitrogens with zero attached hydrogens (tertiary/aromatic N) is 3. The van der Waals surface area contributed by atoms with Gasteiger partial charge in [-0.05, 0) is 55.3 Å². The number of halogens is 2. The van der Waals surface area contributed by atoms with Gasteiger partial charge in [-0.2, -0.15) is 0 Å². The molecular weight excluding hydrogens is 535 g/mol. The molecule has 0 atom stereocenters. The third kappa shape index (κ3) is 4.13. The van der Waals surface area contributed by atoms with Crippen LogP contribution in [0.25, 0.3) is 11.0 Å². The molecule has 9 nitrogen and oxygen atoms in total. The van der Waals surface area contributed by atoms with Crippen LogP contribution >= 0.6 is 23.2 Å². The van der Waals surface area contributed by atoms with E-state index in [-0.39, 0.29) is 22.4 Å². The number of aromatic nitrogens is 2. The van der Waals surface area contributed by atoms with E-state index >= 15 is 0 Å². The molecular formula is C22H20Cl2N4O5S2. The smallest absolute Gasteiger partial charge is 0.272 e. The molecule has 0 aliphatic carbocycles. The van der Waals surface area contributed by atoms with Gasteiger partial charge < -0.3 is 9.67 Å². The first-order valence-corrected chi connectivity index (χ1v) is 13.8. The van der Waals surface area contributed by atoms with Crippen LogP contribution in [0.3, 0.4) is 0 Å². The topological polar surface area (TPSA) is 136 Å². The fraction of sp³-hybridized carbons (Fsp3) is 0.136. The van der Waals surface area contributed by atoms with Crippen molar-refractivity contribution in [2.24, 2.45) is 12.2 Å². The second-order valence-electron chi connectivity index (χ2n) is 7.86. The summed E-state index contributed by atoms with van der Waals surface area (Å²) in [5.41, 5.74) is 0.960. The third-order valence-corrected chi connectivity index (χ3v) is 9.12. The van der Waals surface area contributed by atoms with Gasteiger partial charge in [0.1, 0.15) is 15.3 Å². The zero-order valence-electron chi connectivity index (χ0n) is 18.7. The number of aromatic hydroxyl groups is 1. The van der Waals surface area contributed by atoms with Gasteiger partial charge in [-0.25, -0.2) is 31.3 Å². The summed E-state index contributed by atoms with van der Waals surface area (Å²) < 4.78 is 55.5. The Balaban J connectivity index is 2.14. The number of hydrogen-bond acceptors (Lipinski definition) is 6. The number of hydrogen-bond donors (Lipinski definition) is 2. The number of aryl methyl sites for hydroxylation is 1. The molecule has 35 heavy (non-hydrogen) atoms. The first kappa shape index (κ1) is 25.3. The van der Waals surface area contributed by atoms with E-state index in [4.69, 9.17) is 28.3 Å². The van der Waals surface area contributed by atoms with Gasteiger partial charge in [0.25, 0.3) is 10.0 Å². The van der Waals surface area contributed by atoms with Crippen molar-refractivity contribution in [3.63, 3.8) is 0 Å². The van der Waals surface area contributed by atoms with Crippen molar-refractivity contribution in [3.05, 3.63) is 70.0 Å². The van der Waals surface area contributed by atoms with Gasteiger partial charge in [0.15, 0.2) is 5.75 Å². The summed E-state index contributed by atoms with van der Waals surface area (Å²) in [5, 5.41) is 17.0. The Bertz CT molecular complexity index is 1670. The van der Waals surface area contributed by atoms with Crippen LogP contribution in [0, 0.1) is 13.8 Å². The molecule has 0 spiro atoms. The lowest BCUT2D eigenvalue weighted by Gasteiger charge is -2.28. The molecule has 1 aromatic heterocycles. The van der Waals surface area contributed by atoms with Crippen LogP contribution in [0.4, 0.5) is 11.4 Å². The molecule has 3 N–H and O–H groups in total. The molecule has 0 bridgehead atoms. The van der Waals surface area contributed by atoms with Gasteiger partial charge in [-0.3, -0.25) is 0 Å². The summed E-state index contributed by atoms with van der Waals surface area (Å²) >= 11 is 12.6.